The number of aromatic nitrogens is 2. The molecule has 0 atom stereocenters. The average molecular weight is 743 g/mol. The van der Waals surface area contributed by atoms with E-state index in [-0.39, 0.29) is 0 Å². The van der Waals surface area contributed by atoms with Crippen LogP contribution in [-0.2, 0) is 0 Å². The van der Waals surface area contributed by atoms with Crippen LogP contribution in [0.1, 0.15) is 0 Å². The van der Waals surface area contributed by atoms with Crippen molar-refractivity contribution in [1.82, 2.24) is 9.13 Å². The van der Waals surface area contributed by atoms with Crippen LogP contribution in [0.25, 0.3) is 66.1 Å². The first kappa shape index (κ1) is 33.2. The van der Waals surface area contributed by atoms with E-state index in [0.717, 1.165) is 11.4 Å². The molecular weight excluding hydrogens is 705 g/mol. The largest absolute Gasteiger partial charge is 0.309 e. The Kier molecular flexibility index (Phi) is 7.87. The molecule has 0 bridgehead atoms. The van der Waals surface area contributed by atoms with Crippen LogP contribution in [0.3, 0.4) is 0 Å². The molecule has 11 rings (SSSR count). The third kappa shape index (κ3) is 5.17. The molecular formula is C54H38N2Si. The maximum absolute atomic E-state index is 2.89. The Bertz CT molecular complexity index is 3110. The van der Waals surface area contributed by atoms with Crippen molar-refractivity contribution in [3.63, 3.8) is 0 Å². The maximum Gasteiger partial charge on any atom is 0.181 e. The van der Waals surface area contributed by atoms with Gasteiger partial charge in [0.2, 0.25) is 0 Å². The second kappa shape index (κ2) is 13.5. The number of nitrogens with zero attached hydrogens (tertiary/aromatic N) is 2. The molecule has 0 unspecified atom stereocenters. The zero-order valence-corrected chi connectivity index (χ0v) is 32.3. The smallest absolute Gasteiger partial charge is 0.181 e. The first-order chi connectivity index (χ1) is 28.3. The minimum Gasteiger partial charge on any atom is -0.309 e. The van der Waals surface area contributed by atoms with E-state index in [0.29, 0.717) is 0 Å². The van der Waals surface area contributed by atoms with Gasteiger partial charge in [-0.15, -0.1) is 0 Å². The Morgan fingerprint density at radius 1 is 0.281 bits per heavy atom. The van der Waals surface area contributed by atoms with Crippen LogP contribution < -0.4 is 20.7 Å². The predicted molar refractivity (Wildman–Crippen MR) is 244 cm³/mol. The summed E-state index contributed by atoms with van der Waals surface area (Å²) in [6, 6.07) is 85.2. The monoisotopic (exact) mass is 742 g/mol. The van der Waals surface area contributed by atoms with Crippen molar-refractivity contribution in [2.75, 3.05) is 0 Å². The summed E-state index contributed by atoms with van der Waals surface area (Å²) in [5.74, 6) is 0. The molecule has 2 nitrogen and oxygen atoms in total. The van der Waals surface area contributed by atoms with E-state index >= 15 is 0 Å². The highest BCUT2D eigenvalue weighted by atomic mass is 28.3. The number of fused-ring (bicyclic) bond motifs is 6. The van der Waals surface area contributed by atoms with Gasteiger partial charge in [-0.1, -0.05) is 188 Å². The predicted octanol–water partition coefficient (Wildman–Crippen LogP) is 10.9. The van der Waals surface area contributed by atoms with Crippen molar-refractivity contribution in [1.29, 1.82) is 0 Å². The third-order valence-corrected chi connectivity index (χ3v) is 16.7. The zero-order chi connectivity index (χ0) is 37.8. The molecule has 0 N–H and O–H groups in total. The van der Waals surface area contributed by atoms with Gasteiger partial charge >= 0.3 is 0 Å². The molecule has 0 aliphatic rings. The molecule has 0 saturated carbocycles. The zero-order valence-electron chi connectivity index (χ0n) is 31.3. The first-order valence-electron chi connectivity index (χ1n) is 19.7. The molecule has 0 saturated heterocycles. The van der Waals surface area contributed by atoms with Crippen LogP contribution in [-0.4, -0.2) is 17.2 Å². The van der Waals surface area contributed by atoms with Gasteiger partial charge in [0.05, 0.1) is 22.1 Å². The molecule has 57 heavy (non-hydrogen) atoms. The van der Waals surface area contributed by atoms with Crippen LogP contribution in [0.2, 0.25) is 0 Å². The second-order valence-corrected chi connectivity index (χ2v) is 18.6. The average Bonchev–Trinajstić information content (AvgIpc) is 3.81. The number of hydrogen-bond acceptors (Lipinski definition) is 0. The van der Waals surface area contributed by atoms with Gasteiger partial charge in [0, 0.05) is 32.9 Å². The number of benzene rings is 9. The topological polar surface area (TPSA) is 9.86 Å². The lowest BCUT2D eigenvalue weighted by Crippen LogP contribution is -2.75. The van der Waals surface area contributed by atoms with Crippen LogP contribution in [0.15, 0.2) is 231 Å². The fourth-order valence-corrected chi connectivity index (χ4v) is 14.4. The number of hydrogen-bond donors (Lipinski definition) is 0. The summed E-state index contributed by atoms with van der Waals surface area (Å²) in [6.45, 7) is 0. The van der Waals surface area contributed by atoms with Crippen LogP contribution >= 0.6 is 0 Å². The molecule has 0 fully saturated rings. The first-order valence-corrected chi connectivity index (χ1v) is 21.7. The normalized spacial score (nSPS) is 11.9. The summed E-state index contributed by atoms with van der Waals surface area (Å²) < 4.78 is 4.98. The fraction of sp³-hybridized carbons (Fsp3) is 0. The molecule has 0 amide bonds. The maximum atomic E-state index is 2.56. The Labute approximate surface area is 333 Å². The van der Waals surface area contributed by atoms with E-state index in [1.807, 2.05) is 0 Å². The molecule has 2 aromatic heterocycles. The lowest BCUT2D eigenvalue weighted by atomic mass is 10.0. The van der Waals surface area contributed by atoms with Crippen molar-refractivity contribution < 1.29 is 0 Å². The van der Waals surface area contributed by atoms with Crippen LogP contribution in [0.5, 0.6) is 0 Å². The SMILES string of the molecule is c1ccc(-c2ccc3c4cc(-n5c6ccccc6c6cccc([Si](c7ccccc7)(c7ccccc7)c7ccccc7)c65)ccc4n(-c4ccccc4)c3c2)cc1. The van der Waals surface area contributed by atoms with E-state index in [1.54, 1.807) is 0 Å². The summed E-state index contributed by atoms with van der Waals surface area (Å²) >= 11 is 0. The van der Waals surface area contributed by atoms with E-state index in [4.69, 9.17) is 0 Å². The lowest BCUT2D eigenvalue weighted by molar-refractivity contribution is 1.17. The molecule has 0 aliphatic carbocycles. The standard InChI is InChI=1S/C54H38N2Si/c1-6-19-39(20-7-1)40-33-35-47-49-38-42(34-36-51(49)55(52(47)37-40)41-21-8-2-9-22-41)56-50-31-17-16-29-46(50)48-30-18-32-53(54(48)56)57(43-23-10-3-11-24-43,44-25-12-4-13-26-44)45-27-14-5-15-28-45/h1-38H. The van der Waals surface area contributed by atoms with E-state index in [9.17, 15) is 0 Å². The van der Waals surface area contributed by atoms with Crippen molar-refractivity contribution in [2.45, 2.75) is 0 Å². The molecule has 0 spiro atoms. The van der Waals surface area contributed by atoms with Crippen molar-refractivity contribution >= 4 is 72.4 Å². The lowest BCUT2D eigenvalue weighted by Gasteiger charge is -2.35. The van der Waals surface area contributed by atoms with Crippen molar-refractivity contribution in [3.05, 3.63) is 231 Å². The Balaban J connectivity index is 1.26. The quantitative estimate of drug-likeness (QED) is 0.114. The van der Waals surface area contributed by atoms with Crippen LogP contribution in [0, 0.1) is 0 Å². The van der Waals surface area contributed by atoms with Crippen molar-refractivity contribution in [2.24, 2.45) is 0 Å². The van der Waals surface area contributed by atoms with Gasteiger partial charge in [0.15, 0.2) is 8.07 Å². The third-order valence-electron chi connectivity index (χ3n) is 11.8. The van der Waals surface area contributed by atoms with E-state index in [2.05, 4.69) is 240 Å². The summed E-state index contributed by atoms with van der Waals surface area (Å²) in [7, 11) is -2.89. The Morgan fingerprint density at radius 3 is 1.46 bits per heavy atom. The Hall–Kier alpha value is -7.20. The minimum atomic E-state index is -2.89. The Morgan fingerprint density at radius 2 is 0.807 bits per heavy atom. The van der Waals surface area contributed by atoms with Gasteiger partial charge in [-0.3, -0.25) is 0 Å². The summed E-state index contributed by atoms with van der Waals surface area (Å²) in [4.78, 5) is 0. The summed E-state index contributed by atoms with van der Waals surface area (Å²) in [5.41, 5.74) is 9.57. The number of para-hydroxylation sites is 3. The summed E-state index contributed by atoms with van der Waals surface area (Å²) in [5, 5.41) is 10.4. The fourth-order valence-electron chi connectivity index (χ4n) is 9.43. The van der Waals surface area contributed by atoms with Gasteiger partial charge in [-0.2, -0.15) is 0 Å². The van der Waals surface area contributed by atoms with Gasteiger partial charge in [-0.25, -0.2) is 0 Å². The molecule has 3 heteroatoms. The molecule has 268 valence electrons. The van der Waals surface area contributed by atoms with Gasteiger partial charge in [0.25, 0.3) is 0 Å². The molecule has 9 aromatic carbocycles. The molecule has 2 heterocycles. The molecule has 11 aromatic rings. The molecule has 0 aliphatic heterocycles. The van der Waals surface area contributed by atoms with Gasteiger partial charge < -0.3 is 9.13 Å². The van der Waals surface area contributed by atoms with E-state index < -0.39 is 8.07 Å². The van der Waals surface area contributed by atoms with Gasteiger partial charge in [-0.05, 0) is 74.3 Å². The molecule has 0 radical (unpaired) electrons. The second-order valence-electron chi connectivity index (χ2n) is 14.9. The summed E-state index contributed by atoms with van der Waals surface area (Å²) in [6.07, 6.45) is 0. The van der Waals surface area contributed by atoms with Gasteiger partial charge in [0.1, 0.15) is 0 Å². The number of rotatable bonds is 7. The highest BCUT2D eigenvalue weighted by Crippen LogP contribution is 2.38. The van der Waals surface area contributed by atoms with Crippen molar-refractivity contribution in [3.8, 4) is 22.5 Å². The highest BCUT2D eigenvalue weighted by Gasteiger charge is 2.43. The highest BCUT2D eigenvalue weighted by molar-refractivity contribution is 7.20. The minimum absolute atomic E-state index is 1.15. The van der Waals surface area contributed by atoms with Crippen LogP contribution in [0.4, 0.5) is 0 Å². The van der Waals surface area contributed by atoms with E-state index in [1.165, 1.54) is 75.5 Å².